The van der Waals surface area contributed by atoms with Gasteiger partial charge >= 0.3 is 0 Å². The highest BCUT2D eigenvalue weighted by atomic mass is 16.5. The maximum Gasteiger partial charge on any atom is 0.0900 e. The van der Waals surface area contributed by atoms with Gasteiger partial charge in [-0.25, -0.2) is 0 Å². The van der Waals surface area contributed by atoms with Crippen molar-refractivity contribution in [3.63, 3.8) is 0 Å². The van der Waals surface area contributed by atoms with Crippen molar-refractivity contribution < 1.29 is 9.84 Å². The monoisotopic (exact) mass is 311 g/mol. The molecule has 2 bridgehead atoms. The fourth-order valence-corrected chi connectivity index (χ4v) is 5.19. The lowest BCUT2D eigenvalue weighted by atomic mass is 9.70. The lowest BCUT2D eigenvalue weighted by Crippen LogP contribution is -2.46. The molecule has 3 heteroatoms. The highest BCUT2D eigenvalue weighted by Crippen LogP contribution is 2.63. The minimum Gasteiger partial charge on any atom is -0.389 e. The Labute approximate surface area is 137 Å². The summed E-state index contributed by atoms with van der Waals surface area (Å²) < 4.78 is 6.30. The normalized spacial score (nSPS) is 35.0. The van der Waals surface area contributed by atoms with E-state index in [1.54, 1.807) is 0 Å². The van der Waals surface area contributed by atoms with Crippen LogP contribution in [0.4, 0.5) is 0 Å². The number of nitrogens with zero attached hydrogens (tertiary/aromatic N) is 1. The van der Waals surface area contributed by atoms with Crippen LogP contribution in [0.2, 0.25) is 0 Å². The number of aliphatic hydroxyl groups excluding tert-OH is 1. The topological polar surface area (TPSA) is 32.7 Å². The molecule has 0 aromatic heterocycles. The Morgan fingerprint density at radius 1 is 1.14 bits per heavy atom. The van der Waals surface area contributed by atoms with Crippen molar-refractivity contribution in [3.05, 3.63) is 0 Å². The van der Waals surface area contributed by atoms with Gasteiger partial charge in [-0.15, -0.1) is 0 Å². The molecule has 0 unspecified atom stereocenters. The molecule has 0 heterocycles. The first-order valence-corrected chi connectivity index (χ1v) is 9.13. The Morgan fingerprint density at radius 3 is 2.18 bits per heavy atom. The zero-order valence-electron chi connectivity index (χ0n) is 15.7. The molecule has 0 saturated heterocycles. The molecule has 0 amide bonds. The maximum absolute atomic E-state index is 10.4. The van der Waals surface area contributed by atoms with Crippen LogP contribution in [-0.2, 0) is 4.74 Å². The van der Waals surface area contributed by atoms with Crippen molar-refractivity contribution in [1.29, 1.82) is 0 Å². The molecule has 0 radical (unpaired) electrons. The second kappa shape index (κ2) is 6.41. The largest absolute Gasteiger partial charge is 0.389 e. The van der Waals surface area contributed by atoms with Gasteiger partial charge in [0.1, 0.15) is 0 Å². The van der Waals surface area contributed by atoms with Crippen molar-refractivity contribution in [2.24, 2.45) is 16.7 Å². The zero-order chi connectivity index (χ0) is 16.7. The van der Waals surface area contributed by atoms with E-state index in [9.17, 15) is 5.11 Å². The van der Waals surface area contributed by atoms with Gasteiger partial charge in [0.15, 0.2) is 0 Å². The third kappa shape index (κ3) is 3.37. The average Bonchev–Trinajstić information content (AvgIpc) is 2.85. The summed E-state index contributed by atoms with van der Waals surface area (Å²) in [5, 5.41) is 10.4. The van der Waals surface area contributed by atoms with Gasteiger partial charge < -0.3 is 9.84 Å². The van der Waals surface area contributed by atoms with E-state index in [1.807, 2.05) is 0 Å². The van der Waals surface area contributed by atoms with Crippen molar-refractivity contribution in [2.75, 3.05) is 13.2 Å². The molecule has 2 aliphatic carbocycles. The van der Waals surface area contributed by atoms with E-state index in [1.165, 1.54) is 19.3 Å². The predicted octanol–water partition coefficient (Wildman–Crippen LogP) is 3.70. The van der Waals surface area contributed by atoms with E-state index in [0.29, 0.717) is 36.8 Å². The van der Waals surface area contributed by atoms with Gasteiger partial charge in [-0.05, 0) is 63.7 Å². The summed E-state index contributed by atoms with van der Waals surface area (Å²) in [4.78, 5) is 2.34. The molecule has 1 N–H and O–H groups in total. The van der Waals surface area contributed by atoms with E-state index in [2.05, 4.69) is 53.4 Å². The molecule has 2 rings (SSSR count). The van der Waals surface area contributed by atoms with Crippen LogP contribution in [0, 0.1) is 16.7 Å². The molecule has 0 aromatic carbocycles. The van der Waals surface area contributed by atoms with Crippen molar-refractivity contribution in [2.45, 2.75) is 92.0 Å². The van der Waals surface area contributed by atoms with Crippen LogP contribution >= 0.6 is 0 Å². The van der Waals surface area contributed by atoms with E-state index >= 15 is 0 Å². The zero-order valence-corrected chi connectivity index (χ0v) is 15.7. The molecule has 0 spiro atoms. The van der Waals surface area contributed by atoms with E-state index in [-0.39, 0.29) is 5.41 Å². The summed E-state index contributed by atoms with van der Waals surface area (Å²) in [5.74, 6) is 0.794. The maximum atomic E-state index is 10.4. The Balaban J connectivity index is 1.90. The summed E-state index contributed by atoms with van der Waals surface area (Å²) in [7, 11) is 0. The Bertz CT molecular complexity index is 367. The van der Waals surface area contributed by atoms with Crippen LogP contribution in [0.5, 0.6) is 0 Å². The molecular weight excluding hydrogens is 274 g/mol. The lowest BCUT2D eigenvalue weighted by Gasteiger charge is -2.43. The van der Waals surface area contributed by atoms with Crippen LogP contribution in [0.3, 0.4) is 0 Å². The molecule has 2 aliphatic rings. The minimum absolute atomic E-state index is 0.252. The Morgan fingerprint density at radius 2 is 1.73 bits per heavy atom. The fourth-order valence-electron chi connectivity index (χ4n) is 5.19. The second-order valence-corrected chi connectivity index (χ2v) is 9.17. The highest BCUT2D eigenvalue weighted by molar-refractivity contribution is 5.09. The number of hydrogen-bond donors (Lipinski definition) is 1. The quantitative estimate of drug-likeness (QED) is 0.778. The first kappa shape index (κ1) is 18.2. The summed E-state index contributed by atoms with van der Waals surface area (Å²) in [6, 6.07) is 0.900. The van der Waals surface area contributed by atoms with Crippen LogP contribution < -0.4 is 0 Å². The number of fused-ring (bicyclic) bond motifs is 2. The summed E-state index contributed by atoms with van der Waals surface area (Å²) in [5.41, 5.74) is 0.576. The number of rotatable bonds is 7. The van der Waals surface area contributed by atoms with Crippen LogP contribution in [-0.4, -0.2) is 47.4 Å². The van der Waals surface area contributed by atoms with Gasteiger partial charge in [-0.1, -0.05) is 20.8 Å². The van der Waals surface area contributed by atoms with E-state index in [4.69, 9.17) is 4.74 Å². The Kier molecular flexibility index (Phi) is 5.31. The molecule has 22 heavy (non-hydrogen) atoms. The van der Waals surface area contributed by atoms with Crippen LogP contribution in [0.25, 0.3) is 0 Å². The van der Waals surface area contributed by atoms with Gasteiger partial charge in [0.2, 0.25) is 0 Å². The molecular formula is C19H37NO2. The van der Waals surface area contributed by atoms with Gasteiger partial charge in [-0.2, -0.15) is 0 Å². The second-order valence-electron chi connectivity index (χ2n) is 9.17. The van der Waals surface area contributed by atoms with E-state index < -0.39 is 6.10 Å². The standard InChI is InChI=1S/C19H37NO2/c1-13(2)20(14(3)4)11-16(21)12-22-17-18(5,6)15-8-9-19(17,7)10-15/h13-17,21H,8-12H2,1-7H3/t15-,16-,17+,19-/m1/s1. The van der Waals surface area contributed by atoms with Crippen molar-refractivity contribution in [1.82, 2.24) is 4.90 Å². The summed E-state index contributed by atoms with van der Waals surface area (Å²) in [6.07, 6.45) is 3.82. The van der Waals surface area contributed by atoms with Gasteiger partial charge in [0, 0.05) is 18.6 Å². The smallest absolute Gasteiger partial charge is 0.0900 e. The first-order chi connectivity index (χ1) is 10.1. The van der Waals surface area contributed by atoms with Gasteiger partial charge in [-0.3, -0.25) is 4.90 Å². The molecule has 4 atom stereocenters. The van der Waals surface area contributed by atoms with Gasteiger partial charge in [0.05, 0.1) is 18.8 Å². The van der Waals surface area contributed by atoms with Gasteiger partial charge in [0.25, 0.3) is 0 Å². The third-order valence-electron chi connectivity index (χ3n) is 6.34. The SMILES string of the molecule is CC(C)N(C[C@@H](O)CO[C@H]1C(C)(C)[C@@H]2CC[C@]1(C)C2)C(C)C. The first-order valence-electron chi connectivity index (χ1n) is 9.13. The van der Waals surface area contributed by atoms with Crippen molar-refractivity contribution >= 4 is 0 Å². The average molecular weight is 312 g/mol. The molecule has 3 nitrogen and oxygen atoms in total. The Hall–Kier alpha value is -0.120. The fraction of sp³-hybridized carbons (Fsp3) is 1.00. The minimum atomic E-state index is -0.400. The number of hydrogen-bond acceptors (Lipinski definition) is 3. The van der Waals surface area contributed by atoms with Crippen LogP contribution in [0.1, 0.15) is 67.7 Å². The molecule has 0 aromatic rings. The van der Waals surface area contributed by atoms with Crippen molar-refractivity contribution in [3.8, 4) is 0 Å². The summed E-state index contributed by atoms with van der Waals surface area (Å²) >= 11 is 0. The molecule has 2 fully saturated rings. The molecule has 130 valence electrons. The lowest BCUT2D eigenvalue weighted by molar-refractivity contribution is -0.115. The summed E-state index contributed by atoms with van der Waals surface area (Å²) in [6.45, 7) is 17.0. The predicted molar refractivity (Wildman–Crippen MR) is 92.0 cm³/mol. The molecule has 2 saturated carbocycles. The highest BCUT2D eigenvalue weighted by Gasteiger charge is 2.60. The van der Waals surface area contributed by atoms with Crippen LogP contribution in [0.15, 0.2) is 0 Å². The number of aliphatic hydroxyl groups is 1. The number of ether oxygens (including phenoxy) is 1. The molecule has 0 aliphatic heterocycles. The third-order valence-corrected chi connectivity index (χ3v) is 6.34. The van der Waals surface area contributed by atoms with E-state index in [0.717, 1.165) is 5.92 Å².